The standard InChI is InChI=1S/C13H11N3O3S/c17-12(18)4-2-9-1-3-11(15-5-9)13(19)16-7-10-6-14-8-20-10/h1-6,8H,7H2,(H,16,19)(H,17,18)/b4-2+. The maximum absolute atomic E-state index is 11.8. The highest BCUT2D eigenvalue weighted by Crippen LogP contribution is 2.06. The third kappa shape index (κ3) is 3.99. The monoisotopic (exact) mass is 289 g/mol. The Morgan fingerprint density at radius 2 is 2.20 bits per heavy atom. The minimum absolute atomic E-state index is 0.280. The highest BCUT2D eigenvalue weighted by molar-refractivity contribution is 7.09. The average Bonchev–Trinajstić information content (AvgIpc) is 2.96. The van der Waals surface area contributed by atoms with Gasteiger partial charge in [-0.15, -0.1) is 11.3 Å². The van der Waals surface area contributed by atoms with Gasteiger partial charge in [0.05, 0.1) is 12.1 Å². The van der Waals surface area contributed by atoms with E-state index in [1.165, 1.54) is 23.6 Å². The van der Waals surface area contributed by atoms with Crippen molar-refractivity contribution in [2.45, 2.75) is 6.54 Å². The number of aliphatic carboxylic acids is 1. The van der Waals surface area contributed by atoms with Crippen molar-refractivity contribution in [3.63, 3.8) is 0 Å². The molecular weight excluding hydrogens is 278 g/mol. The van der Waals surface area contributed by atoms with Crippen LogP contribution in [0.4, 0.5) is 0 Å². The molecule has 0 aliphatic heterocycles. The van der Waals surface area contributed by atoms with Gasteiger partial charge in [-0.25, -0.2) is 4.79 Å². The number of hydrogen-bond acceptors (Lipinski definition) is 5. The van der Waals surface area contributed by atoms with Crippen LogP contribution in [0.25, 0.3) is 6.08 Å². The number of aromatic nitrogens is 2. The fourth-order valence-corrected chi connectivity index (χ4v) is 1.93. The van der Waals surface area contributed by atoms with E-state index < -0.39 is 5.97 Å². The zero-order valence-corrected chi connectivity index (χ0v) is 11.1. The smallest absolute Gasteiger partial charge is 0.328 e. The molecule has 2 aromatic heterocycles. The lowest BCUT2D eigenvalue weighted by Gasteiger charge is -2.02. The van der Waals surface area contributed by atoms with Crippen LogP contribution >= 0.6 is 11.3 Å². The Balaban J connectivity index is 1.95. The van der Waals surface area contributed by atoms with Gasteiger partial charge in [0.25, 0.3) is 5.91 Å². The number of carboxylic acids is 1. The van der Waals surface area contributed by atoms with E-state index in [0.717, 1.165) is 11.0 Å². The Hall–Kier alpha value is -2.54. The quantitative estimate of drug-likeness (QED) is 0.815. The number of nitrogens with zero attached hydrogens (tertiary/aromatic N) is 2. The number of rotatable bonds is 5. The van der Waals surface area contributed by atoms with E-state index in [-0.39, 0.29) is 11.6 Å². The van der Waals surface area contributed by atoms with E-state index in [9.17, 15) is 9.59 Å². The largest absolute Gasteiger partial charge is 0.478 e. The molecule has 0 bridgehead atoms. The van der Waals surface area contributed by atoms with Crippen LogP contribution in [0.2, 0.25) is 0 Å². The van der Waals surface area contributed by atoms with Crippen LogP contribution in [-0.2, 0) is 11.3 Å². The number of nitrogens with one attached hydrogen (secondary N) is 1. The highest BCUT2D eigenvalue weighted by Gasteiger charge is 2.06. The normalized spacial score (nSPS) is 10.6. The van der Waals surface area contributed by atoms with Crippen LogP contribution in [0.15, 0.2) is 36.1 Å². The Kier molecular flexibility index (Phi) is 4.56. The zero-order chi connectivity index (χ0) is 14.4. The van der Waals surface area contributed by atoms with Crippen molar-refractivity contribution >= 4 is 29.3 Å². The zero-order valence-electron chi connectivity index (χ0n) is 10.3. The van der Waals surface area contributed by atoms with E-state index >= 15 is 0 Å². The average molecular weight is 289 g/mol. The molecule has 0 saturated heterocycles. The van der Waals surface area contributed by atoms with Gasteiger partial charge in [-0.2, -0.15) is 0 Å². The summed E-state index contributed by atoms with van der Waals surface area (Å²) in [4.78, 5) is 31.0. The summed E-state index contributed by atoms with van der Waals surface area (Å²) in [6, 6.07) is 3.18. The molecule has 20 heavy (non-hydrogen) atoms. The Bertz CT molecular complexity index is 621. The SMILES string of the molecule is O=C(O)/C=C/c1ccc(C(=O)NCc2cncs2)nc1. The molecule has 0 aliphatic rings. The maximum Gasteiger partial charge on any atom is 0.328 e. The molecule has 2 rings (SSSR count). The molecule has 0 saturated carbocycles. The number of thiazole rings is 1. The molecule has 7 heteroatoms. The van der Waals surface area contributed by atoms with E-state index in [1.54, 1.807) is 23.8 Å². The van der Waals surface area contributed by atoms with Gasteiger partial charge in [0.15, 0.2) is 0 Å². The number of carboxylic acid groups (broad SMARTS) is 1. The van der Waals surface area contributed by atoms with Gasteiger partial charge in [-0.1, -0.05) is 6.07 Å². The lowest BCUT2D eigenvalue weighted by atomic mass is 10.2. The number of carbonyl (C=O) groups is 2. The van der Waals surface area contributed by atoms with Crippen LogP contribution in [0.1, 0.15) is 20.9 Å². The molecule has 1 amide bonds. The van der Waals surface area contributed by atoms with Gasteiger partial charge in [0, 0.05) is 23.3 Å². The summed E-state index contributed by atoms with van der Waals surface area (Å²) in [5.41, 5.74) is 2.59. The number of pyridine rings is 1. The Labute approximate surface area is 118 Å². The molecule has 0 aromatic carbocycles. The van der Waals surface area contributed by atoms with Crippen LogP contribution < -0.4 is 5.32 Å². The van der Waals surface area contributed by atoms with Crippen LogP contribution in [0, 0.1) is 0 Å². The van der Waals surface area contributed by atoms with Gasteiger partial charge < -0.3 is 10.4 Å². The van der Waals surface area contributed by atoms with Crippen molar-refractivity contribution in [1.82, 2.24) is 15.3 Å². The van der Waals surface area contributed by atoms with Crippen molar-refractivity contribution in [3.8, 4) is 0 Å². The van der Waals surface area contributed by atoms with Crippen molar-refractivity contribution in [1.29, 1.82) is 0 Å². The first-order chi connectivity index (χ1) is 9.65. The Morgan fingerprint density at radius 3 is 2.80 bits per heavy atom. The molecule has 2 aromatic rings. The molecule has 0 unspecified atom stereocenters. The molecule has 2 N–H and O–H groups in total. The van der Waals surface area contributed by atoms with Crippen molar-refractivity contribution < 1.29 is 14.7 Å². The fourth-order valence-electron chi connectivity index (χ4n) is 1.39. The minimum Gasteiger partial charge on any atom is -0.478 e. The molecule has 0 spiro atoms. The van der Waals surface area contributed by atoms with Crippen molar-refractivity contribution in [2.24, 2.45) is 0 Å². The lowest BCUT2D eigenvalue weighted by molar-refractivity contribution is -0.131. The summed E-state index contributed by atoms with van der Waals surface area (Å²) in [6.07, 6.45) is 5.56. The van der Waals surface area contributed by atoms with E-state index in [0.29, 0.717) is 12.1 Å². The summed E-state index contributed by atoms with van der Waals surface area (Å²) in [5.74, 6) is -1.32. The molecule has 2 heterocycles. The van der Waals surface area contributed by atoms with Crippen LogP contribution in [0.5, 0.6) is 0 Å². The first kappa shape index (κ1) is 13.9. The summed E-state index contributed by atoms with van der Waals surface area (Å²) in [7, 11) is 0. The molecule has 6 nitrogen and oxygen atoms in total. The second-order valence-corrected chi connectivity index (χ2v) is 4.77. The van der Waals surface area contributed by atoms with Crippen molar-refractivity contribution in [2.75, 3.05) is 0 Å². The molecule has 0 atom stereocenters. The number of carbonyl (C=O) groups excluding carboxylic acids is 1. The molecule has 0 radical (unpaired) electrons. The lowest BCUT2D eigenvalue weighted by Crippen LogP contribution is -2.23. The molecular formula is C13H11N3O3S. The number of hydrogen-bond donors (Lipinski definition) is 2. The van der Waals surface area contributed by atoms with Gasteiger partial charge in [0.2, 0.25) is 0 Å². The first-order valence-electron chi connectivity index (χ1n) is 5.68. The van der Waals surface area contributed by atoms with Crippen LogP contribution in [-0.4, -0.2) is 27.0 Å². The van der Waals surface area contributed by atoms with Gasteiger partial charge in [0.1, 0.15) is 5.69 Å². The predicted octanol–water partition coefficient (Wildman–Crippen LogP) is 1.57. The third-order valence-corrected chi connectivity index (χ3v) is 3.12. The topological polar surface area (TPSA) is 92.2 Å². The van der Waals surface area contributed by atoms with E-state index in [1.807, 2.05) is 0 Å². The summed E-state index contributed by atoms with van der Waals surface area (Å²) >= 11 is 1.46. The number of amides is 1. The molecule has 0 aliphatic carbocycles. The highest BCUT2D eigenvalue weighted by atomic mass is 32.1. The summed E-state index contributed by atoms with van der Waals surface area (Å²) < 4.78 is 0. The minimum atomic E-state index is -1.03. The van der Waals surface area contributed by atoms with E-state index in [2.05, 4.69) is 15.3 Å². The van der Waals surface area contributed by atoms with Crippen molar-refractivity contribution in [3.05, 3.63) is 52.2 Å². The Morgan fingerprint density at radius 1 is 1.35 bits per heavy atom. The first-order valence-corrected chi connectivity index (χ1v) is 6.56. The fraction of sp³-hybridized carbons (Fsp3) is 0.0769. The molecule has 0 fully saturated rings. The molecule has 102 valence electrons. The van der Waals surface area contributed by atoms with E-state index in [4.69, 9.17) is 5.11 Å². The summed E-state index contributed by atoms with van der Waals surface area (Å²) in [6.45, 7) is 0.409. The maximum atomic E-state index is 11.8. The second-order valence-electron chi connectivity index (χ2n) is 3.80. The van der Waals surface area contributed by atoms with Gasteiger partial charge >= 0.3 is 5.97 Å². The summed E-state index contributed by atoms with van der Waals surface area (Å²) in [5, 5.41) is 11.2. The van der Waals surface area contributed by atoms with Crippen LogP contribution in [0.3, 0.4) is 0 Å². The predicted molar refractivity (Wildman–Crippen MR) is 74.2 cm³/mol. The van der Waals surface area contributed by atoms with Gasteiger partial charge in [-0.3, -0.25) is 14.8 Å². The third-order valence-electron chi connectivity index (χ3n) is 2.34. The second kappa shape index (κ2) is 6.58. The van der Waals surface area contributed by atoms with Gasteiger partial charge in [-0.05, 0) is 17.7 Å².